The maximum atomic E-state index is 13.4. The Labute approximate surface area is 176 Å². The lowest BCUT2D eigenvalue weighted by molar-refractivity contribution is -0.154. The molecule has 2 atom stereocenters. The lowest BCUT2D eigenvalue weighted by Gasteiger charge is -2.38. The van der Waals surface area contributed by atoms with Crippen LogP contribution in [0.5, 0.6) is 0 Å². The second-order valence-corrected chi connectivity index (χ2v) is 9.64. The van der Waals surface area contributed by atoms with Crippen LogP contribution < -0.4 is 10.2 Å². The van der Waals surface area contributed by atoms with Crippen molar-refractivity contribution in [3.63, 3.8) is 0 Å². The van der Waals surface area contributed by atoms with Crippen LogP contribution in [-0.4, -0.2) is 41.7 Å². The van der Waals surface area contributed by atoms with Gasteiger partial charge in [-0.15, -0.1) is 11.8 Å². The number of thioether (sulfide) groups is 1. The summed E-state index contributed by atoms with van der Waals surface area (Å²) in [6.07, 6.45) is 4.07. The number of fused-ring (bicyclic) bond motifs is 1. The third-order valence-corrected chi connectivity index (χ3v) is 7.88. The van der Waals surface area contributed by atoms with Gasteiger partial charge in [-0.3, -0.25) is 14.4 Å². The largest absolute Gasteiger partial charge is 0.481 e. The molecule has 0 radical (unpaired) electrons. The van der Waals surface area contributed by atoms with Crippen LogP contribution in [0, 0.1) is 10.8 Å². The van der Waals surface area contributed by atoms with E-state index in [1.54, 1.807) is 18.9 Å². The number of carboxylic acid groups (broad SMARTS) is 1. The van der Waals surface area contributed by atoms with Crippen LogP contribution in [-0.2, 0) is 14.4 Å². The molecule has 1 heterocycles. The summed E-state index contributed by atoms with van der Waals surface area (Å²) >= 11 is 1.47. The number of carbonyl (C=O) groups excluding carboxylic acids is 2. The fraction of sp³-hybridized carbons (Fsp3) is 0.591. The molecule has 6 nitrogen and oxygen atoms in total. The Balaban J connectivity index is 1.86. The number of para-hydroxylation sites is 1. The van der Waals surface area contributed by atoms with E-state index in [0.29, 0.717) is 13.0 Å². The number of benzene rings is 1. The minimum Gasteiger partial charge on any atom is -0.481 e. The van der Waals surface area contributed by atoms with E-state index in [1.165, 1.54) is 11.8 Å². The number of aliphatic carboxylic acids is 1. The molecule has 2 aliphatic rings. The fourth-order valence-corrected chi connectivity index (χ4v) is 5.57. The number of nitrogens with one attached hydrogen (secondary N) is 1. The van der Waals surface area contributed by atoms with Gasteiger partial charge in [0.15, 0.2) is 0 Å². The molecule has 1 fully saturated rings. The quantitative estimate of drug-likeness (QED) is 0.672. The molecule has 2 amide bonds. The first kappa shape index (κ1) is 21.7. The monoisotopic (exact) mass is 418 g/mol. The van der Waals surface area contributed by atoms with Crippen LogP contribution in [0.15, 0.2) is 29.2 Å². The van der Waals surface area contributed by atoms with Crippen molar-refractivity contribution >= 4 is 35.2 Å². The van der Waals surface area contributed by atoms with Crippen LogP contribution in [0.3, 0.4) is 0 Å². The van der Waals surface area contributed by atoms with Gasteiger partial charge in [-0.05, 0) is 43.7 Å². The average molecular weight is 419 g/mol. The third kappa shape index (κ3) is 4.02. The zero-order valence-electron chi connectivity index (χ0n) is 17.4. The van der Waals surface area contributed by atoms with Crippen LogP contribution in [0.25, 0.3) is 0 Å². The topological polar surface area (TPSA) is 86.7 Å². The van der Waals surface area contributed by atoms with Crippen molar-refractivity contribution in [2.45, 2.75) is 62.5 Å². The van der Waals surface area contributed by atoms with E-state index >= 15 is 0 Å². The van der Waals surface area contributed by atoms with Gasteiger partial charge < -0.3 is 15.3 Å². The standard InChI is InChI=1S/C22H30N2O4S/c1-4-5-10-21(2,20(27)28)22(11-12-22)13-18(25)24-14-17(19(26)23-3)29-16-9-7-6-8-15(16)24/h6-9,17H,4-5,10-14H2,1-3H3,(H,23,26)(H,27,28). The molecule has 0 saturated heterocycles. The molecule has 158 valence electrons. The van der Waals surface area contributed by atoms with Gasteiger partial charge in [0.05, 0.1) is 11.1 Å². The molecule has 0 spiro atoms. The zero-order chi connectivity index (χ0) is 21.2. The van der Waals surface area contributed by atoms with Gasteiger partial charge in [-0.1, -0.05) is 31.9 Å². The van der Waals surface area contributed by atoms with E-state index in [9.17, 15) is 19.5 Å². The number of amides is 2. The Kier molecular flexibility index (Phi) is 6.27. The normalized spacial score (nSPS) is 21.6. The molecule has 7 heteroatoms. The summed E-state index contributed by atoms with van der Waals surface area (Å²) in [5.74, 6) is -1.01. The molecular weight excluding hydrogens is 388 g/mol. The molecule has 0 bridgehead atoms. The minimum absolute atomic E-state index is 0.0897. The van der Waals surface area contributed by atoms with Gasteiger partial charge in [0, 0.05) is 24.9 Å². The minimum atomic E-state index is -0.900. The molecule has 3 rings (SSSR count). The molecule has 2 unspecified atom stereocenters. The number of nitrogens with zero attached hydrogens (tertiary/aromatic N) is 1. The summed E-state index contributed by atoms with van der Waals surface area (Å²) in [5.41, 5.74) is -0.584. The molecule has 1 aliphatic heterocycles. The molecule has 2 N–H and O–H groups in total. The van der Waals surface area contributed by atoms with Gasteiger partial charge in [0.25, 0.3) is 0 Å². The Hall–Kier alpha value is -2.02. The van der Waals surface area contributed by atoms with Gasteiger partial charge in [0.2, 0.25) is 11.8 Å². The highest BCUT2D eigenvalue weighted by Gasteiger charge is 2.61. The first-order valence-electron chi connectivity index (χ1n) is 10.3. The van der Waals surface area contributed by atoms with Gasteiger partial charge in [-0.2, -0.15) is 0 Å². The number of carboxylic acids is 1. The van der Waals surface area contributed by atoms with E-state index in [2.05, 4.69) is 5.32 Å². The molecule has 1 saturated carbocycles. The summed E-state index contributed by atoms with van der Waals surface area (Å²) in [5, 5.41) is 12.3. The lowest BCUT2D eigenvalue weighted by Crippen LogP contribution is -2.47. The van der Waals surface area contributed by atoms with Crippen molar-refractivity contribution in [3.05, 3.63) is 24.3 Å². The predicted octanol–water partition coefficient (Wildman–Crippen LogP) is 3.69. The first-order valence-corrected chi connectivity index (χ1v) is 11.2. The van der Waals surface area contributed by atoms with Crippen LogP contribution in [0.2, 0.25) is 0 Å². The van der Waals surface area contributed by atoms with Crippen LogP contribution in [0.1, 0.15) is 52.4 Å². The Morgan fingerprint density at radius 1 is 1.31 bits per heavy atom. The van der Waals surface area contributed by atoms with Crippen molar-refractivity contribution in [1.82, 2.24) is 5.32 Å². The smallest absolute Gasteiger partial charge is 0.309 e. The Morgan fingerprint density at radius 2 is 2.00 bits per heavy atom. The number of hydrogen-bond donors (Lipinski definition) is 2. The van der Waals surface area contributed by atoms with Gasteiger partial charge in [-0.25, -0.2) is 0 Å². The molecule has 1 aliphatic carbocycles. The van der Waals surface area contributed by atoms with E-state index in [1.807, 2.05) is 31.2 Å². The first-order chi connectivity index (χ1) is 13.8. The maximum absolute atomic E-state index is 13.4. The number of unbranched alkanes of at least 4 members (excludes halogenated alkanes) is 1. The van der Waals surface area contributed by atoms with Crippen molar-refractivity contribution in [2.75, 3.05) is 18.5 Å². The number of rotatable bonds is 8. The van der Waals surface area contributed by atoms with Crippen molar-refractivity contribution in [2.24, 2.45) is 10.8 Å². The number of anilines is 1. The number of hydrogen-bond acceptors (Lipinski definition) is 4. The van der Waals surface area contributed by atoms with Crippen molar-refractivity contribution in [3.8, 4) is 0 Å². The van der Waals surface area contributed by atoms with E-state index in [0.717, 1.165) is 36.3 Å². The molecule has 0 aromatic heterocycles. The zero-order valence-corrected chi connectivity index (χ0v) is 18.2. The summed E-state index contributed by atoms with van der Waals surface area (Å²) in [6.45, 7) is 4.15. The highest BCUT2D eigenvalue weighted by atomic mass is 32.2. The van der Waals surface area contributed by atoms with Crippen LogP contribution in [0.4, 0.5) is 5.69 Å². The molecule has 1 aromatic carbocycles. The Morgan fingerprint density at radius 3 is 2.59 bits per heavy atom. The summed E-state index contributed by atoms with van der Waals surface area (Å²) in [7, 11) is 1.60. The van der Waals surface area contributed by atoms with Crippen molar-refractivity contribution in [1.29, 1.82) is 0 Å². The summed E-state index contributed by atoms with van der Waals surface area (Å²) in [4.78, 5) is 40.4. The highest BCUT2D eigenvalue weighted by molar-refractivity contribution is 8.00. The summed E-state index contributed by atoms with van der Waals surface area (Å²) < 4.78 is 0. The predicted molar refractivity (Wildman–Crippen MR) is 114 cm³/mol. The second kappa shape index (κ2) is 8.38. The van der Waals surface area contributed by atoms with Gasteiger partial charge in [0.1, 0.15) is 5.25 Å². The van der Waals surface area contributed by atoms with Crippen LogP contribution >= 0.6 is 11.8 Å². The SMILES string of the molecule is CCCCC(C)(C(=O)O)C1(CC(=O)N2CC(C(=O)NC)Sc3ccccc32)CC1. The fourth-order valence-electron chi connectivity index (χ4n) is 4.36. The third-order valence-electron chi connectivity index (χ3n) is 6.63. The van der Waals surface area contributed by atoms with Crippen molar-refractivity contribution < 1.29 is 19.5 Å². The lowest BCUT2D eigenvalue weighted by atomic mass is 9.69. The molecule has 29 heavy (non-hydrogen) atoms. The summed E-state index contributed by atoms with van der Waals surface area (Å²) in [6, 6.07) is 7.60. The second-order valence-electron chi connectivity index (χ2n) is 8.39. The molecule has 1 aromatic rings. The van der Waals surface area contributed by atoms with Gasteiger partial charge >= 0.3 is 5.97 Å². The maximum Gasteiger partial charge on any atom is 0.309 e. The highest BCUT2D eigenvalue weighted by Crippen LogP contribution is 2.63. The molecular formula is C22H30N2O4S. The Bertz CT molecular complexity index is 808. The van der Waals surface area contributed by atoms with E-state index < -0.39 is 16.8 Å². The van der Waals surface area contributed by atoms with E-state index in [-0.39, 0.29) is 23.5 Å². The average Bonchev–Trinajstić information content (AvgIpc) is 3.51. The van der Waals surface area contributed by atoms with E-state index in [4.69, 9.17) is 0 Å². The number of carbonyl (C=O) groups is 3.